The number of imidazole rings is 1. The van der Waals surface area contributed by atoms with Crippen molar-refractivity contribution in [3.8, 4) is 0 Å². The second-order valence-corrected chi connectivity index (χ2v) is 9.77. The standard InChI is InChI=1S/C18H22ClN5O3S/c1-12(2)24-10-18(20-11-24)28(25,26)22(3)14-7-23(8-14)9-16-15-6-13(19)4-5-17(15)27-21-16/h4-6,10-12,14H,7-9H2,1-3H3. The first-order valence-electron chi connectivity index (χ1n) is 9.03. The van der Waals surface area contributed by atoms with E-state index in [4.69, 9.17) is 16.1 Å². The fraction of sp³-hybridized carbons (Fsp3) is 0.444. The maximum Gasteiger partial charge on any atom is 0.262 e. The Bertz CT molecular complexity index is 1100. The summed E-state index contributed by atoms with van der Waals surface area (Å²) in [5.74, 6) is 0. The molecule has 0 unspecified atom stereocenters. The van der Waals surface area contributed by atoms with Gasteiger partial charge in [-0.3, -0.25) is 4.90 Å². The summed E-state index contributed by atoms with van der Waals surface area (Å²) in [6, 6.07) is 5.45. The Balaban J connectivity index is 1.41. The lowest BCUT2D eigenvalue weighted by molar-refractivity contribution is 0.0809. The van der Waals surface area contributed by atoms with Crippen molar-refractivity contribution in [2.24, 2.45) is 0 Å². The number of likely N-dealkylation sites (N-methyl/N-ethyl adjacent to an activating group) is 1. The quantitative estimate of drug-likeness (QED) is 0.606. The molecule has 0 aliphatic carbocycles. The van der Waals surface area contributed by atoms with E-state index >= 15 is 0 Å². The number of nitrogens with zero attached hydrogens (tertiary/aromatic N) is 5. The molecule has 4 rings (SSSR count). The Morgan fingerprint density at radius 2 is 2.11 bits per heavy atom. The smallest absolute Gasteiger partial charge is 0.262 e. The summed E-state index contributed by atoms with van der Waals surface area (Å²) in [5.41, 5.74) is 1.49. The highest BCUT2D eigenvalue weighted by molar-refractivity contribution is 7.89. The summed E-state index contributed by atoms with van der Waals surface area (Å²) in [6.07, 6.45) is 3.14. The van der Waals surface area contributed by atoms with Gasteiger partial charge in [-0.25, -0.2) is 13.4 Å². The SMILES string of the molecule is CC(C)n1cnc(S(=O)(=O)N(C)C2CN(Cc3noc4ccc(Cl)cc34)C2)c1. The van der Waals surface area contributed by atoms with Gasteiger partial charge in [0.1, 0.15) is 5.69 Å². The van der Waals surface area contributed by atoms with Gasteiger partial charge in [0.15, 0.2) is 10.6 Å². The molecule has 0 bridgehead atoms. The first-order chi connectivity index (χ1) is 13.3. The van der Waals surface area contributed by atoms with Gasteiger partial charge in [0.25, 0.3) is 10.0 Å². The average molecular weight is 424 g/mol. The molecule has 0 radical (unpaired) electrons. The minimum absolute atomic E-state index is 0.0827. The van der Waals surface area contributed by atoms with Crippen molar-refractivity contribution < 1.29 is 12.9 Å². The molecule has 0 atom stereocenters. The normalized spacial score (nSPS) is 16.4. The first kappa shape index (κ1) is 19.4. The van der Waals surface area contributed by atoms with Crippen LogP contribution in [0.15, 0.2) is 40.3 Å². The number of rotatable bonds is 6. The van der Waals surface area contributed by atoms with Crippen molar-refractivity contribution >= 4 is 32.6 Å². The molecule has 150 valence electrons. The molecule has 0 saturated carbocycles. The lowest BCUT2D eigenvalue weighted by Gasteiger charge is -2.42. The van der Waals surface area contributed by atoms with Gasteiger partial charge < -0.3 is 9.09 Å². The predicted molar refractivity (Wildman–Crippen MR) is 106 cm³/mol. The zero-order valence-electron chi connectivity index (χ0n) is 15.9. The number of hydrogen-bond donors (Lipinski definition) is 0. The molecule has 0 N–H and O–H groups in total. The van der Waals surface area contributed by atoms with Gasteiger partial charge in [-0.05, 0) is 32.0 Å². The van der Waals surface area contributed by atoms with Crippen molar-refractivity contribution in [2.45, 2.75) is 37.5 Å². The van der Waals surface area contributed by atoms with Crippen LogP contribution in [0.4, 0.5) is 0 Å². The number of benzene rings is 1. The van der Waals surface area contributed by atoms with E-state index in [2.05, 4.69) is 15.0 Å². The van der Waals surface area contributed by atoms with Gasteiger partial charge in [0.2, 0.25) is 0 Å². The number of hydrogen-bond acceptors (Lipinski definition) is 6. The van der Waals surface area contributed by atoms with E-state index in [1.165, 1.54) is 4.31 Å². The van der Waals surface area contributed by atoms with Crippen molar-refractivity contribution in [3.63, 3.8) is 0 Å². The van der Waals surface area contributed by atoms with Crippen LogP contribution < -0.4 is 0 Å². The van der Waals surface area contributed by atoms with Gasteiger partial charge in [-0.1, -0.05) is 16.8 Å². The fourth-order valence-electron chi connectivity index (χ4n) is 3.27. The Kier molecular flexibility index (Phi) is 4.95. The Labute approximate surface area is 168 Å². The van der Waals surface area contributed by atoms with E-state index in [0.29, 0.717) is 30.2 Å². The highest BCUT2D eigenvalue weighted by atomic mass is 35.5. The topological polar surface area (TPSA) is 84.5 Å². The van der Waals surface area contributed by atoms with Crippen LogP contribution in [0.3, 0.4) is 0 Å². The van der Waals surface area contributed by atoms with Crippen molar-refractivity contribution in [1.29, 1.82) is 0 Å². The molecule has 1 fully saturated rings. The molecule has 0 spiro atoms. The van der Waals surface area contributed by atoms with Gasteiger partial charge >= 0.3 is 0 Å². The van der Waals surface area contributed by atoms with Crippen molar-refractivity contribution in [2.75, 3.05) is 20.1 Å². The Morgan fingerprint density at radius 3 is 2.79 bits per heavy atom. The molecule has 2 aromatic heterocycles. The monoisotopic (exact) mass is 423 g/mol. The summed E-state index contributed by atoms with van der Waals surface area (Å²) in [6.45, 7) is 5.78. The molecule has 3 heterocycles. The molecule has 3 aromatic rings. The van der Waals surface area contributed by atoms with Gasteiger partial charge in [-0.2, -0.15) is 4.31 Å². The lowest BCUT2D eigenvalue weighted by atomic mass is 10.1. The first-order valence-corrected chi connectivity index (χ1v) is 10.8. The highest BCUT2D eigenvalue weighted by Crippen LogP contribution is 2.27. The van der Waals surface area contributed by atoms with Crippen LogP contribution in [0.25, 0.3) is 11.0 Å². The molecule has 1 aromatic carbocycles. The second-order valence-electron chi connectivity index (χ2n) is 7.39. The number of aromatic nitrogens is 3. The third-order valence-corrected chi connectivity index (χ3v) is 7.18. The minimum atomic E-state index is -3.61. The van der Waals surface area contributed by atoms with Crippen LogP contribution >= 0.6 is 11.6 Å². The summed E-state index contributed by atoms with van der Waals surface area (Å²) in [4.78, 5) is 6.20. The Hall–Kier alpha value is -1.94. The maximum absolute atomic E-state index is 12.8. The Morgan fingerprint density at radius 1 is 1.36 bits per heavy atom. The molecule has 28 heavy (non-hydrogen) atoms. The third kappa shape index (κ3) is 3.43. The van der Waals surface area contributed by atoms with E-state index in [0.717, 1.165) is 11.1 Å². The summed E-state index contributed by atoms with van der Waals surface area (Å²) < 4.78 is 34.2. The average Bonchev–Trinajstić information content (AvgIpc) is 3.25. The van der Waals surface area contributed by atoms with Gasteiger partial charge in [0, 0.05) is 49.3 Å². The van der Waals surface area contributed by atoms with Crippen molar-refractivity contribution in [3.05, 3.63) is 41.4 Å². The minimum Gasteiger partial charge on any atom is -0.356 e. The highest BCUT2D eigenvalue weighted by Gasteiger charge is 2.37. The van der Waals surface area contributed by atoms with Crippen LogP contribution in [0.5, 0.6) is 0 Å². The molecule has 0 amide bonds. The molecular weight excluding hydrogens is 402 g/mol. The van der Waals surface area contributed by atoms with E-state index < -0.39 is 10.0 Å². The van der Waals surface area contributed by atoms with Crippen LogP contribution in [0.1, 0.15) is 25.6 Å². The zero-order chi connectivity index (χ0) is 20.1. The van der Waals surface area contributed by atoms with E-state index in [-0.39, 0.29) is 17.1 Å². The van der Waals surface area contributed by atoms with Gasteiger partial charge in [-0.15, -0.1) is 0 Å². The lowest BCUT2D eigenvalue weighted by Crippen LogP contribution is -2.59. The van der Waals surface area contributed by atoms with Crippen LogP contribution in [0, 0.1) is 0 Å². The summed E-state index contributed by atoms with van der Waals surface area (Å²) in [7, 11) is -2.01. The van der Waals surface area contributed by atoms with Gasteiger partial charge in [0.05, 0.1) is 12.4 Å². The molecule has 1 aliphatic heterocycles. The molecular formula is C18H22ClN5O3S. The molecule has 1 aliphatic rings. The largest absolute Gasteiger partial charge is 0.356 e. The maximum atomic E-state index is 12.8. The van der Waals surface area contributed by atoms with E-state index in [9.17, 15) is 8.42 Å². The van der Waals surface area contributed by atoms with Crippen molar-refractivity contribution in [1.82, 2.24) is 23.9 Å². The number of likely N-dealkylation sites (tertiary alicyclic amines) is 1. The second kappa shape index (κ2) is 7.14. The molecule has 8 nitrogen and oxygen atoms in total. The van der Waals surface area contributed by atoms with E-state index in [1.807, 2.05) is 19.9 Å². The van der Waals surface area contributed by atoms with Crippen LogP contribution in [-0.2, 0) is 16.6 Å². The third-order valence-electron chi connectivity index (χ3n) is 5.15. The van der Waals surface area contributed by atoms with Crippen LogP contribution in [-0.4, -0.2) is 58.5 Å². The summed E-state index contributed by atoms with van der Waals surface area (Å²) in [5, 5.41) is 5.72. The number of sulfonamides is 1. The number of fused-ring (bicyclic) bond motifs is 1. The fourth-order valence-corrected chi connectivity index (χ4v) is 4.69. The molecule has 1 saturated heterocycles. The summed E-state index contributed by atoms with van der Waals surface area (Å²) >= 11 is 6.06. The van der Waals surface area contributed by atoms with E-state index in [1.54, 1.807) is 36.3 Å². The molecule has 10 heteroatoms. The number of halogens is 1. The predicted octanol–water partition coefficient (Wildman–Crippen LogP) is 2.76. The van der Waals surface area contributed by atoms with Crippen LogP contribution in [0.2, 0.25) is 5.02 Å². The zero-order valence-corrected chi connectivity index (χ0v) is 17.5.